The number of anilines is 3. The number of ether oxygens (including phenoxy) is 1. The molecule has 8 nitrogen and oxygen atoms in total. The van der Waals surface area contributed by atoms with Gasteiger partial charge in [-0.25, -0.2) is 9.50 Å². The molecule has 8 heteroatoms. The minimum Gasteiger partial charge on any atom is -0.497 e. The third-order valence-corrected chi connectivity index (χ3v) is 6.99. The van der Waals surface area contributed by atoms with Gasteiger partial charge >= 0.3 is 0 Å². The first-order chi connectivity index (χ1) is 20.1. The molecule has 3 aromatic heterocycles. The van der Waals surface area contributed by atoms with Crippen LogP contribution in [-0.4, -0.2) is 27.6 Å². The van der Waals surface area contributed by atoms with Gasteiger partial charge < -0.3 is 19.8 Å². The van der Waals surface area contributed by atoms with E-state index in [2.05, 4.69) is 27.9 Å². The second-order valence-electron chi connectivity index (χ2n) is 9.69. The molecule has 0 radical (unpaired) electrons. The van der Waals surface area contributed by atoms with Crippen LogP contribution in [0.5, 0.6) is 5.75 Å². The van der Waals surface area contributed by atoms with Crippen molar-refractivity contribution in [3.63, 3.8) is 0 Å². The van der Waals surface area contributed by atoms with Crippen LogP contribution in [0.1, 0.15) is 5.56 Å². The summed E-state index contributed by atoms with van der Waals surface area (Å²) >= 11 is 0. The minimum atomic E-state index is -0.110. The van der Waals surface area contributed by atoms with Crippen LogP contribution in [-0.2, 0) is 11.2 Å². The summed E-state index contributed by atoms with van der Waals surface area (Å²) in [5, 5.41) is 12.9. The summed E-state index contributed by atoms with van der Waals surface area (Å²) in [4.78, 5) is 17.7. The van der Waals surface area contributed by atoms with E-state index in [4.69, 9.17) is 14.1 Å². The fraction of sp³-hybridized carbons (Fsp3) is 0.0606. The normalized spacial score (nSPS) is 11.2. The summed E-state index contributed by atoms with van der Waals surface area (Å²) in [6, 6.07) is 33.0. The minimum absolute atomic E-state index is 0.110. The molecule has 0 aliphatic rings. The second-order valence-corrected chi connectivity index (χ2v) is 9.69. The zero-order valence-electron chi connectivity index (χ0n) is 22.2. The summed E-state index contributed by atoms with van der Waals surface area (Å²) in [5.74, 6) is 1.18. The molecule has 0 unspecified atom stereocenters. The molecule has 0 fully saturated rings. The fourth-order valence-electron chi connectivity index (χ4n) is 5.04. The molecule has 7 rings (SSSR count). The van der Waals surface area contributed by atoms with Gasteiger partial charge in [-0.05, 0) is 60.2 Å². The number of hydrogen-bond donors (Lipinski definition) is 2. The summed E-state index contributed by atoms with van der Waals surface area (Å²) in [7, 11) is 1.62. The Bertz CT molecular complexity index is 2040. The van der Waals surface area contributed by atoms with Gasteiger partial charge in [0.05, 0.1) is 30.9 Å². The number of rotatable bonds is 7. The van der Waals surface area contributed by atoms with Gasteiger partial charge in [0.1, 0.15) is 16.9 Å². The highest BCUT2D eigenvalue weighted by atomic mass is 16.5. The molecule has 0 aliphatic heterocycles. The van der Waals surface area contributed by atoms with Crippen molar-refractivity contribution in [3.8, 4) is 17.0 Å². The molecule has 41 heavy (non-hydrogen) atoms. The van der Waals surface area contributed by atoms with Gasteiger partial charge in [-0.2, -0.15) is 5.10 Å². The van der Waals surface area contributed by atoms with Crippen LogP contribution in [0, 0.1) is 0 Å². The summed E-state index contributed by atoms with van der Waals surface area (Å²) < 4.78 is 13.2. The lowest BCUT2D eigenvalue weighted by atomic mass is 10.1. The van der Waals surface area contributed by atoms with Gasteiger partial charge in [0, 0.05) is 27.7 Å². The predicted octanol–water partition coefficient (Wildman–Crippen LogP) is 7.23. The van der Waals surface area contributed by atoms with Crippen molar-refractivity contribution < 1.29 is 13.9 Å². The van der Waals surface area contributed by atoms with Crippen molar-refractivity contribution in [2.24, 2.45) is 0 Å². The number of para-hydroxylation sites is 2. The number of benzene rings is 4. The topological polar surface area (TPSA) is 93.7 Å². The van der Waals surface area contributed by atoms with Gasteiger partial charge in [-0.15, -0.1) is 0 Å². The number of nitrogens with one attached hydrogen (secondary N) is 2. The van der Waals surface area contributed by atoms with E-state index in [1.54, 1.807) is 17.8 Å². The second kappa shape index (κ2) is 10.2. The van der Waals surface area contributed by atoms with Crippen molar-refractivity contribution >= 4 is 50.7 Å². The van der Waals surface area contributed by atoms with E-state index in [9.17, 15) is 4.79 Å². The first kappa shape index (κ1) is 24.4. The average Bonchev–Trinajstić information content (AvgIpc) is 3.63. The van der Waals surface area contributed by atoms with Crippen LogP contribution < -0.4 is 15.4 Å². The van der Waals surface area contributed by atoms with E-state index in [-0.39, 0.29) is 12.3 Å². The lowest BCUT2D eigenvalue weighted by molar-refractivity contribution is -0.115. The van der Waals surface area contributed by atoms with Crippen LogP contribution in [0.15, 0.2) is 114 Å². The number of aromatic nitrogens is 3. The first-order valence-electron chi connectivity index (χ1n) is 13.2. The lowest BCUT2D eigenvalue weighted by Crippen LogP contribution is -2.14. The number of fused-ring (bicyclic) bond motifs is 4. The largest absolute Gasteiger partial charge is 0.497 e. The highest BCUT2D eigenvalue weighted by Crippen LogP contribution is 2.36. The standard InChI is InChI=1S/C33H25N5O3/c1-40-25-14-12-21(13-15-25)18-31(39)35-22-6-4-7-23(19-22)36-33-37-29(20-24-16-17-34-38(24)33)28-10-5-9-27-26-8-2-3-11-30(26)41-32(27)28/h2-17,19-20H,18H2,1H3,(H,35,39)(H,36,37). The molecular weight excluding hydrogens is 514 g/mol. The third-order valence-electron chi connectivity index (χ3n) is 6.99. The maximum absolute atomic E-state index is 12.7. The van der Waals surface area contributed by atoms with E-state index in [1.165, 1.54) is 0 Å². The Balaban J connectivity index is 1.18. The van der Waals surface area contributed by atoms with E-state index >= 15 is 0 Å². The van der Waals surface area contributed by atoms with Gasteiger partial charge in [-0.3, -0.25) is 4.79 Å². The Morgan fingerprint density at radius 1 is 0.878 bits per heavy atom. The van der Waals surface area contributed by atoms with E-state index in [0.29, 0.717) is 11.6 Å². The highest BCUT2D eigenvalue weighted by Gasteiger charge is 2.16. The molecule has 0 atom stereocenters. The number of amides is 1. The lowest BCUT2D eigenvalue weighted by Gasteiger charge is -2.12. The molecule has 0 spiro atoms. The average molecular weight is 540 g/mol. The quantitative estimate of drug-likeness (QED) is 0.222. The monoisotopic (exact) mass is 539 g/mol. The fourth-order valence-corrected chi connectivity index (χ4v) is 5.04. The van der Waals surface area contributed by atoms with E-state index in [1.807, 2.05) is 91.0 Å². The molecule has 7 aromatic rings. The van der Waals surface area contributed by atoms with Crippen molar-refractivity contribution in [2.75, 3.05) is 17.7 Å². The van der Waals surface area contributed by atoms with E-state index < -0.39 is 0 Å². The summed E-state index contributed by atoms with van der Waals surface area (Å²) in [6.07, 6.45) is 2.00. The van der Waals surface area contributed by atoms with Crippen molar-refractivity contribution in [2.45, 2.75) is 6.42 Å². The van der Waals surface area contributed by atoms with Crippen LogP contribution in [0.25, 0.3) is 38.7 Å². The maximum Gasteiger partial charge on any atom is 0.229 e. The van der Waals surface area contributed by atoms with Crippen LogP contribution in [0.3, 0.4) is 0 Å². The molecule has 4 aromatic carbocycles. The predicted molar refractivity (Wildman–Crippen MR) is 161 cm³/mol. The van der Waals surface area contributed by atoms with Gasteiger partial charge in [0.25, 0.3) is 0 Å². The number of furan rings is 1. The number of methoxy groups -OCH3 is 1. The molecule has 1 amide bonds. The molecule has 0 saturated carbocycles. The zero-order valence-corrected chi connectivity index (χ0v) is 22.2. The Morgan fingerprint density at radius 3 is 2.56 bits per heavy atom. The van der Waals surface area contributed by atoms with Gasteiger partial charge in [0.15, 0.2) is 0 Å². The smallest absolute Gasteiger partial charge is 0.229 e. The van der Waals surface area contributed by atoms with Crippen molar-refractivity contribution in [1.29, 1.82) is 0 Å². The molecule has 0 aliphatic carbocycles. The number of hydrogen-bond acceptors (Lipinski definition) is 6. The highest BCUT2D eigenvalue weighted by molar-refractivity contribution is 6.09. The van der Waals surface area contributed by atoms with Gasteiger partial charge in [0.2, 0.25) is 11.9 Å². The Labute approximate surface area is 235 Å². The van der Waals surface area contributed by atoms with Gasteiger partial charge in [-0.1, -0.05) is 48.5 Å². The zero-order chi connectivity index (χ0) is 27.8. The number of nitrogens with zero attached hydrogens (tertiary/aromatic N) is 3. The summed E-state index contributed by atoms with van der Waals surface area (Å²) in [5.41, 5.74) is 6.50. The summed E-state index contributed by atoms with van der Waals surface area (Å²) in [6.45, 7) is 0. The molecule has 3 heterocycles. The third kappa shape index (κ3) is 4.72. The molecule has 2 N–H and O–H groups in total. The maximum atomic E-state index is 12.7. The number of carbonyl (C=O) groups excluding carboxylic acids is 1. The van der Waals surface area contributed by atoms with Crippen LogP contribution in [0.2, 0.25) is 0 Å². The van der Waals surface area contributed by atoms with Crippen molar-refractivity contribution in [3.05, 3.63) is 115 Å². The Hall–Kier alpha value is -5.63. The first-order valence-corrected chi connectivity index (χ1v) is 13.2. The molecule has 200 valence electrons. The van der Waals surface area contributed by atoms with Crippen LogP contribution in [0.4, 0.5) is 17.3 Å². The van der Waals surface area contributed by atoms with Crippen LogP contribution >= 0.6 is 0 Å². The molecule has 0 bridgehead atoms. The Morgan fingerprint density at radius 2 is 1.68 bits per heavy atom. The number of carbonyl (C=O) groups is 1. The molecule has 0 saturated heterocycles. The molecular formula is C33H25N5O3. The van der Waals surface area contributed by atoms with Crippen molar-refractivity contribution in [1.82, 2.24) is 14.6 Å². The SMILES string of the molecule is COc1ccc(CC(=O)Nc2cccc(Nc3nc(-c4cccc5c4oc4ccccc45)cc4ccnn34)c2)cc1. The Kier molecular flexibility index (Phi) is 6.05. The van der Waals surface area contributed by atoms with E-state index in [0.717, 1.165) is 55.7 Å².